The molecule has 8 heteroatoms. The molecule has 0 aromatic heterocycles. The lowest BCUT2D eigenvalue weighted by molar-refractivity contribution is -0.181. The number of Topliss-reactive ketones (excluding diaryl/α,β-unsaturated/α-hetero) is 1. The topological polar surface area (TPSA) is 115 Å². The Hall–Kier alpha value is -3.03. The molecule has 1 unspecified atom stereocenters. The van der Waals surface area contributed by atoms with Crippen LogP contribution in [-0.4, -0.2) is 29.1 Å². The normalized spacial score (nSPS) is 12.7. The molecule has 0 amide bonds. The van der Waals surface area contributed by atoms with Crippen LogP contribution in [0.4, 0.5) is 5.69 Å². The van der Waals surface area contributed by atoms with Crippen LogP contribution >= 0.6 is 0 Å². The summed E-state index contributed by atoms with van der Waals surface area (Å²) in [6.45, 7) is 4.08. The smallest absolute Gasteiger partial charge is 0.338 e. The van der Waals surface area contributed by atoms with Crippen molar-refractivity contribution in [2.24, 2.45) is 10.2 Å². The lowest BCUT2D eigenvalue weighted by Gasteiger charge is -2.13. The third-order valence-corrected chi connectivity index (χ3v) is 2.56. The summed E-state index contributed by atoms with van der Waals surface area (Å²) >= 11 is 0. The molecule has 1 aromatic rings. The molecule has 0 spiro atoms. The SMILES string of the molecule is CC(=O)CC(=O)OC(C)OC(=O)C(C)=CN=Nc1ccc(O)cc1. The van der Waals surface area contributed by atoms with E-state index in [1.807, 2.05) is 0 Å². The van der Waals surface area contributed by atoms with Crippen molar-refractivity contribution in [1.29, 1.82) is 0 Å². The van der Waals surface area contributed by atoms with Crippen LogP contribution in [-0.2, 0) is 23.9 Å². The predicted octanol–water partition coefficient (Wildman–Crippen LogP) is 2.79. The van der Waals surface area contributed by atoms with E-state index in [9.17, 15) is 14.4 Å². The molecule has 1 aromatic carbocycles. The first-order valence-electron chi connectivity index (χ1n) is 7.04. The quantitative estimate of drug-likeness (QED) is 0.269. The molecule has 128 valence electrons. The number of carbonyl (C=O) groups excluding carboxylic acids is 3. The molecular weight excluding hydrogens is 316 g/mol. The van der Waals surface area contributed by atoms with Gasteiger partial charge < -0.3 is 14.6 Å². The highest BCUT2D eigenvalue weighted by atomic mass is 16.7. The first kappa shape index (κ1) is 19.0. The predicted molar refractivity (Wildman–Crippen MR) is 83.3 cm³/mol. The van der Waals surface area contributed by atoms with Gasteiger partial charge in [-0.2, -0.15) is 10.2 Å². The zero-order chi connectivity index (χ0) is 18.1. The maximum Gasteiger partial charge on any atom is 0.338 e. The molecule has 8 nitrogen and oxygen atoms in total. The zero-order valence-corrected chi connectivity index (χ0v) is 13.6. The summed E-state index contributed by atoms with van der Waals surface area (Å²) in [7, 11) is 0. The monoisotopic (exact) mass is 334 g/mol. The van der Waals surface area contributed by atoms with Crippen LogP contribution in [0.1, 0.15) is 27.2 Å². The van der Waals surface area contributed by atoms with Crippen molar-refractivity contribution < 1.29 is 29.0 Å². The van der Waals surface area contributed by atoms with Crippen molar-refractivity contribution in [3.8, 4) is 5.75 Å². The number of hydrogen-bond acceptors (Lipinski definition) is 8. The highest BCUT2D eigenvalue weighted by Gasteiger charge is 2.16. The number of esters is 2. The summed E-state index contributed by atoms with van der Waals surface area (Å²) in [5.74, 6) is -1.74. The van der Waals surface area contributed by atoms with Crippen molar-refractivity contribution >= 4 is 23.4 Å². The number of rotatable bonds is 7. The van der Waals surface area contributed by atoms with Gasteiger partial charge in [-0.05, 0) is 38.1 Å². The van der Waals surface area contributed by atoms with Crippen molar-refractivity contribution in [1.82, 2.24) is 0 Å². The molecule has 24 heavy (non-hydrogen) atoms. The molecule has 0 aliphatic heterocycles. The maximum absolute atomic E-state index is 11.8. The lowest BCUT2D eigenvalue weighted by Crippen LogP contribution is -2.23. The highest BCUT2D eigenvalue weighted by molar-refractivity contribution is 5.94. The van der Waals surface area contributed by atoms with E-state index < -0.39 is 18.2 Å². The Bertz CT molecular complexity index is 664. The first-order chi connectivity index (χ1) is 11.3. The molecule has 1 rings (SSSR count). The molecule has 0 fully saturated rings. The summed E-state index contributed by atoms with van der Waals surface area (Å²) in [4.78, 5) is 33.8. The molecule has 0 radical (unpaired) electrons. The first-order valence-corrected chi connectivity index (χ1v) is 7.04. The van der Waals surface area contributed by atoms with Crippen LogP contribution in [0.3, 0.4) is 0 Å². The standard InChI is InChI=1S/C16H18N2O6/c1-10(9-17-18-13-4-6-14(20)7-5-13)16(22)24-12(3)23-15(21)8-11(2)19/h4-7,9,12,20H,8H2,1-3H3. The number of carbonyl (C=O) groups is 3. The van der Waals surface area contributed by atoms with Crippen molar-refractivity contribution in [2.75, 3.05) is 0 Å². The van der Waals surface area contributed by atoms with Crippen LogP contribution < -0.4 is 0 Å². The maximum atomic E-state index is 11.8. The van der Waals surface area contributed by atoms with Gasteiger partial charge in [0.1, 0.15) is 18.0 Å². The van der Waals surface area contributed by atoms with Crippen LogP contribution in [0.25, 0.3) is 0 Å². The number of phenolic OH excluding ortho intramolecular Hbond substituents is 1. The van der Waals surface area contributed by atoms with Gasteiger partial charge >= 0.3 is 11.9 Å². The highest BCUT2D eigenvalue weighted by Crippen LogP contribution is 2.17. The summed E-state index contributed by atoms with van der Waals surface area (Å²) < 4.78 is 9.65. The Morgan fingerprint density at radius 1 is 1.17 bits per heavy atom. The second-order valence-electron chi connectivity index (χ2n) is 4.89. The lowest BCUT2D eigenvalue weighted by atomic mass is 10.3. The minimum Gasteiger partial charge on any atom is -0.508 e. The van der Waals surface area contributed by atoms with Crippen LogP contribution in [0.5, 0.6) is 5.75 Å². The average Bonchev–Trinajstić information content (AvgIpc) is 2.47. The summed E-state index contributed by atoms with van der Waals surface area (Å²) in [6, 6.07) is 6.01. The Morgan fingerprint density at radius 2 is 1.79 bits per heavy atom. The number of aromatic hydroxyl groups is 1. The van der Waals surface area contributed by atoms with E-state index in [4.69, 9.17) is 14.6 Å². The Morgan fingerprint density at radius 3 is 2.38 bits per heavy atom. The Kier molecular flexibility index (Phi) is 7.28. The molecule has 0 aliphatic rings. The fourth-order valence-corrected chi connectivity index (χ4v) is 1.45. The number of nitrogens with zero attached hydrogens (tertiary/aromatic N) is 2. The van der Waals surface area contributed by atoms with E-state index in [1.54, 1.807) is 12.1 Å². The van der Waals surface area contributed by atoms with Crippen molar-refractivity contribution in [2.45, 2.75) is 33.5 Å². The number of azo groups is 1. The zero-order valence-electron chi connectivity index (χ0n) is 13.6. The number of ether oxygens (including phenoxy) is 2. The van der Waals surface area contributed by atoms with Gasteiger partial charge in [-0.15, -0.1) is 0 Å². The van der Waals surface area contributed by atoms with Gasteiger partial charge in [0.15, 0.2) is 0 Å². The van der Waals surface area contributed by atoms with Crippen LogP contribution in [0.15, 0.2) is 46.3 Å². The number of phenols is 1. The third-order valence-electron chi connectivity index (χ3n) is 2.56. The third kappa shape index (κ3) is 7.30. The summed E-state index contributed by atoms with van der Waals surface area (Å²) in [5, 5.41) is 16.7. The number of hydrogen-bond donors (Lipinski definition) is 1. The van der Waals surface area contributed by atoms with E-state index >= 15 is 0 Å². The molecule has 0 heterocycles. The van der Waals surface area contributed by atoms with E-state index in [0.29, 0.717) is 5.69 Å². The van der Waals surface area contributed by atoms with Gasteiger partial charge in [-0.3, -0.25) is 9.59 Å². The minimum atomic E-state index is -1.12. The average molecular weight is 334 g/mol. The van der Waals surface area contributed by atoms with Gasteiger partial charge in [0.05, 0.1) is 17.5 Å². The van der Waals surface area contributed by atoms with Gasteiger partial charge in [-0.25, -0.2) is 4.79 Å². The summed E-state index contributed by atoms with van der Waals surface area (Å²) in [5.41, 5.74) is 0.642. The molecule has 0 bridgehead atoms. The van der Waals surface area contributed by atoms with E-state index in [0.717, 1.165) is 0 Å². The number of benzene rings is 1. The Labute approximate surface area is 138 Å². The molecule has 0 saturated carbocycles. The molecule has 0 aliphatic carbocycles. The van der Waals surface area contributed by atoms with Gasteiger partial charge in [-0.1, -0.05) is 0 Å². The molecule has 1 atom stereocenters. The van der Waals surface area contributed by atoms with Gasteiger partial charge in [0.25, 0.3) is 0 Å². The van der Waals surface area contributed by atoms with E-state index in [1.165, 1.54) is 39.1 Å². The second-order valence-corrected chi connectivity index (χ2v) is 4.89. The van der Waals surface area contributed by atoms with E-state index in [-0.39, 0.29) is 23.5 Å². The van der Waals surface area contributed by atoms with Crippen molar-refractivity contribution in [3.63, 3.8) is 0 Å². The molecular formula is C16H18N2O6. The van der Waals surface area contributed by atoms with Crippen LogP contribution in [0.2, 0.25) is 0 Å². The fraction of sp³-hybridized carbons (Fsp3) is 0.312. The molecule has 0 saturated heterocycles. The molecule has 1 N–H and O–H groups in total. The number of ketones is 1. The summed E-state index contributed by atoms with van der Waals surface area (Å²) in [6.07, 6.45) is -0.307. The van der Waals surface area contributed by atoms with E-state index in [2.05, 4.69) is 10.2 Å². The van der Waals surface area contributed by atoms with Crippen LogP contribution in [0, 0.1) is 0 Å². The largest absolute Gasteiger partial charge is 0.508 e. The fourth-order valence-electron chi connectivity index (χ4n) is 1.45. The Balaban J connectivity index is 2.52. The minimum absolute atomic E-state index is 0.109. The van der Waals surface area contributed by atoms with Crippen molar-refractivity contribution in [3.05, 3.63) is 36.0 Å². The second kappa shape index (κ2) is 9.19. The van der Waals surface area contributed by atoms with Gasteiger partial charge in [0, 0.05) is 6.92 Å². The van der Waals surface area contributed by atoms with Gasteiger partial charge in [0.2, 0.25) is 6.29 Å².